The Kier molecular flexibility index (Phi) is 13.8. The SMILES string of the molecule is C=CCOC12Oc3ccc(OC(=O)NCC)cc3C3C(CCCCO)C(CCCCO)C=C(C(=NOCC)CC1N(Cc1ccc4c(c1)OCO4)C(=O)OC)C32. The van der Waals surface area contributed by atoms with Gasteiger partial charge in [0.2, 0.25) is 12.6 Å². The van der Waals surface area contributed by atoms with E-state index in [1.165, 1.54) is 7.11 Å². The summed E-state index contributed by atoms with van der Waals surface area (Å²) in [4.78, 5) is 34.2. The van der Waals surface area contributed by atoms with Crippen LogP contribution in [0.5, 0.6) is 23.0 Å². The summed E-state index contributed by atoms with van der Waals surface area (Å²) in [5.41, 5.74) is 3.16. The monoisotopic (exact) mass is 777 g/mol. The number of nitrogens with one attached hydrogen (secondary N) is 1. The Morgan fingerprint density at radius 1 is 1.04 bits per heavy atom. The Bertz CT molecular complexity index is 1760. The molecule has 0 radical (unpaired) electrons. The minimum absolute atomic E-state index is 0.00408. The highest BCUT2D eigenvalue weighted by molar-refractivity contribution is 6.03. The van der Waals surface area contributed by atoms with Gasteiger partial charge in [0.05, 0.1) is 25.3 Å². The molecule has 0 spiro atoms. The van der Waals surface area contributed by atoms with Crippen LogP contribution in [0.1, 0.15) is 75.8 Å². The molecule has 1 fully saturated rings. The molecule has 4 aliphatic rings. The van der Waals surface area contributed by atoms with E-state index >= 15 is 0 Å². The summed E-state index contributed by atoms with van der Waals surface area (Å²) >= 11 is 0. The van der Waals surface area contributed by atoms with Gasteiger partial charge in [0.15, 0.2) is 11.5 Å². The van der Waals surface area contributed by atoms with Gasteiger partial charge in [-0.3, -0.25) is 4.90 Å². The number of ether oxygens (including phenoxy) is 6. The van der Waals surface area contributed by atoms with E-state index < -0.39 is 29.9 Å². The molecule has 2 aliphatic carbocycles. The molecular formula is C42H55N3O11. The zero-order valence-electron chi connectivity index (χ0n) is 32.6. The number of oxime groups is 1. The molecule has 56 heavy (non-hydrogen) atoms. The van der Waals surface area contributed by atoms with Crippen LogP contribution in [-0.2, 0) is 20.9 Å². The van der Waals surface area contributed by atoms with Gasteiger partial charge in [-0.2, -0.15) is 0 Å². The van der Waals surface area contributed by atoms with Gasteiger partial charge in [-0.25, -0.2) is 9.59 Å². The molecule has 0 bridgehead atoms. The number of methoxy groups -OCH3 is 1. The molecule has 6 atom stereocenters. The first-order valence-corrected chi connectivity index (χ1v) is 19.7. The van der Waals surface area contributed by atoms with Gasteiger partial charge in [-0.15, -0.1) is 6.58 Å². The molecule has 0 saturated heterocycles. The van der Waals surface area contributed by atoms with Crippen molar-refractivity contribution < 1.29 is 53.1 Å². The van der Waals surface area contributed by atoms with E-state index in [0.29, 0.717) is 54.7 Å². The number of unbranched alkanes of at least 4 members (excludes halogenated alkanes) is 2. The molecule has 2 amide bonds. The van der Waals surface area contributed by atoms with Gasteiger partial charge in [0.1, 0.15) is 24.1 Å². The average Bonchev–Trinajstić information content (AvgIpc) is 3.68. The Morgan fingerprint density at radius 2 is 1.80 bits per heavy atom. The Hall–Kier alpha value is -4.79. The van der Waals surface area contributed by atoms with Crippen molar-refractivity contribution in [1.29, 1.82) is 0 Å². The number of hydrogen-bond donors (Lipinski definition) is 3. The van der Waals surface area contributed by atoms with Gasteiger partial charge in [0, 0.05) is 44.2 Å². The van der Waals surface area contributed by atoms with Crippen molar-refractivity contribution in [3.63, 3.8) is 0 Å². The van der Waals surface area contributed by atoms with Gasteiger partial charge >= 0.3 is 12.2 Å². The summed E-state index contributed by atoms with van der Waals surface area (Å²) in [5.74, 6) is -0.188. The summed E-state index contributed by atoms with van der Waals surface area (Å²) in [6.45, 7) is 8.88. The van der Waals surface area contributed by atoms with Crippen LogP contribution in [0, 0.1) is 17.8 Å². The van der Waals surface area contributed by atoms with E-state index in [-0.39, 0.29) is 57.3 Å². The van der Waals surface area contributed by atoms with Gasteiger partial charge < -0.3 is 48.8 Å². The summed E-state index contributed by atoms with van der Waals surface area (Å²) in [7, 11) is 1.35. The summed E-state index contributed by atoms with van der Waals surface area (Å²) in [5, 5.41) is 27.1. The molecule has 304 valence electrons. The fourth-order valence-electron chi connectivity index (χ4n) is 8.80. The quantitative estimate of drug-likeness (QED) is 0.0866. The molecular weight excluding hydrogens is 722 g/mol. The minimum Gasteiger partial charge on any atom is -0.459 e. The summed E-state index contributed by atoms with van der Waals surface area (Å²) in [6, 6.07) is 10.1. The maximum absolute atomic E-state index is 14.1. The second-order valence-electron chi connectivity index (χ2n) is 14.4. The lowest BCUT2D eigenvalue weighted by molar-refractivity contribution is -0.256. The first-order chi connectivity index (χ1) is 27.3. The highest BCUT2D eigenvalue weighted by Gasteiger charge is 2.65. The van der Waals surface area contributed by atoms with Gasteiger partial charge in [0.25, 0.3) is 0 Å². The van der Waals surface area contributed by atoms with Crippen LogP contribution in [0.3, 0.4) is 0 Å². The van der Waals surface area contributed by atoms with Crippen molar-refractivity contribution >= 4 is 17.9 Å². The molecule has 2 aliphatic heterocycles. The lowest BCUT2D eigenvalue weighted by Crippen LogP contribution is -2.70. The summed E-state index contributed by atoms with van der Waals surface area (Å²) in [6.07, 6.45) is 7.38. The third kappa shape index (κ3) is 8.47. The van der Waals surface area contributed by atoms with Crippen molar-refractivity contribution in [3.05, 3.63) is 71.8 Å². The first kappa shape index (κ1) is 40.9. The summed E-state index contributed by atoms with van der Waals surface area (Å²) < 4.78 is 36.6. The Labute approximate surface area is 328 Å². The Morgan fingerprint density at radius 3 is 2.54 bits per heavy atom. The normalized spacial score (nSPS) is 24.9. The Balaban J connectivity index is 1.58. The lowest BCUT2D eigenvalue weighted by atomic mass is 9.55. The number of fused-ring (bicyclic) bond motifs is 3. The number of allylic oxidation sites excluding steroid dienone is 1. The molecule has 6 rings (SSSR count). The van der Waals surface area contributed by atoms with E-state index in [4.69, 9.17) is 38.4 Å². The third-order valence-electron chi connectivity index (χ3n) is 11.1. The maximum atomic E-state index is 14.1. The molecule has 6 unspecified atom stereocenters. The second kappa shape index (κ2) is 18.9. The first-order valence-electron chi connectivity index (χ1n) is 19.7. The maximum Gasteiger partial charge on any atom is 0.412 e. The number of nitrogens with zero attached hydrogens (tertiary/aromatic N) is 2. The molecule has 2 heterocycles. The van der Waals surface area contributed by atoms with Crippen molar-refractivity contribution in [2.24, 2.45) is 22.9 Å². The minimum atomic E-state index is -1.49. The molecule has 2 aromatic rings. The highest BCUT2D eigenvalue weighted by Crippen LogP contribution is 2.62. The predicted octanol–water partition coefficient (Wildman–Crippen LogP) is 6.45. The van der Waals surface area contributed by atoms with E-state index in [1.807, 2.05) is 38.1 Å². The van der Waals surface area contributed by atoms with Gasteiger partial charge in [-0.05, 0) is 92.8 Å². The number of amides is 2. The topological polar surface area (TPSA) is 167 Å². The lowest BCUT2D eigenvalue weighted by Gasteiger charge is -2.59. The largest absolute Gasteiger partial charge is 0.459 e. The number of carbonyl (C=O) groups is 2. The van der Waals surface area contributed by atoms with Crippen molar-refractivity contribution in [2.45, 2.75) is 83.1 Å². The number of aliphatic hydroxyl groups excluding tert-OH is 2. The zero-order valence-corrected chi connectivity index (χ0v) is 32.6. The van der Waals surface area contributed by atoms with Crippen LogP contribution in [0.2, 0.25) is 0 Å². The van der Waals surface area contributed by atoms with Crippen LogP contribution >= 0.6 is 0 Å². The van der Waals surface area contributed by atoms with Crippen molar-refractivity contribution in [2.75, 3.05) is 46.9 Å². The van der Waals surface area contributed by atoms with Crippen molar-refractivity contribution in [1.82, 2.24) is 10.2 Å². The molecule has 14 heteroatoms. The third-order valence-corrected chi connectivity index (χ3v) is 11.1. The smallest absolute Gasteiger partial charge is 0.412 e. The van der Waals surface area contributed by atoms with Crippen LogP contribution in [0.25, 0.3) is 0 Å². The molecule has 1 saturated carbocycles. The number of carbonyl (C=O) groups excluding carboxylic acids is 2. The molecule has 3 N–H and O–H groups in total. The van der Waals surface area contributed by atoms with Crippen LogP contribution in [0.4, 0.5) is 9.59 Å². The average molecular weight is 778 g/mol. The number of rotatable bonds is 18. The highest BCUT2D eigenvalue weighted by atomic mass is 16.7. The fraction of sp³-hybridized carbons (Fsp3) is 0.548. The van der Waals surface area contributed by atoms with Crippen LogP contribution in [0.15, 0.2) is 65.9 Å². The fourth-order valence-corrected chi connectivity index (χ4v) is 8.80. The molecule has 2 aromatic carbocycles. The molecule has 0 aromatic heterocycles. The molecule has 14 nitrogen and oxygen atoms in total. The zero-order chi connectivity index (χ0) is 39.7. The number of benzene rings is 2. The van der Waals surface area contributed by atoms with Crippen LogP contribution in [-0.4, -0.2) is 91.7 Å². The van der Waals surface area contributed by atoms with Crippen molar-refractivity contribution in [3.8, 4) is 23.0 Å². The van der Waals surface area contributed by atoms with E-state index in [1.54, 1.807) is 23.1 Å². The van der Waals surface area contributed by atoms with Crippen LogP contribution < -0.4 is 24.3 Å². The predicted molar refractivity (Wildman–Crippen MR) is 207 cm³/mol. The standard InChI is InChI=1S/C42H55N3O11/c1-5-20-53-42-37(45(41(49)50-4)25-27-14-16-35-36(21-27)52-26-51-35)24-33(44-54-7-3)31-22-28(12-8-10-18-46)30(13-9-11-19-47)38(39(31)42)32-23-29(15-17-34(32)56-42)55-40(48)43-6-2/h5,14-17,21-23,28,30,37-39,46-47H,1,6-13,18-20,24-26H2,2-4H3,(H,43,48). The van der Waals surface area contributed by atoms with E-state index in [0.717, 1.165) is 42.4 Å². The van der Waals surface area contributed by atoms with E-state index in [9.17, 15) is 19.8 Å². The van der Waals surface area contributed by atoms with Gasteiger partial charge in [-0.1, -0.05) is 36.2 Å². The number of aliphatic hydroxyl groups is 2. The number of hydrogen-bond acceptors (Lipinski definition) is 12. The van der Waals surface area contributed by atoms with E-state index in [2.05, 4.69) is 18.0 Å². The second-order valence-corrected chi connectivity index (χ2v) is 14.4.